The van der Waals surface area contributed by atoms with Crippen molar-refractivity contribution in [3.63, 3.8) is 0 Å². The van der Waals surface area contributed by atoms with Gasteiger partial charge in [-0.15, -0.1) is 0 Å². The summed E-state index contributed by atoms with van der Waals surface area (Å²) in [5, 5.41) is 0. The number of rotatable bonds is 1. The summed E-state index contributed by atoms with van der Waals surface area (Å²) in [4.78, 5) is 37.9. The molecule has 0 aliphatic heterocycles. The molecule has 1 aromatic carbocycles. The highest BCUT2D eigenvalue weighted by atomic mass is 16.5. The quantitative estimate of drug-likeness (QED) is 0.798. The molecule has 2 aliphatic carbocycles. The Balaban J connectivity index is 2.23. The third kappa shape index (κ3) is 1.92. The van der Waals surface area contributed by atoms with Crippen molar-refractivity contribution >= 4 is 11.6 Å². The molecule has 0 radical (unpaired) electrons. The lowest BCUT2D eigenvalue weighted by atomic mass is 9.69. The molecule has 4 rings (SSSR count). The number of ether oxygens (including phenoxy) is 1. The molecule has 5 heteroatoms. The van der Waals surface area contributed by atoms with E-state index in [2.05, 4.69) is 0 Å². The molecule has 1 aromatic heterocycles. The second-order valence-electron chi connectivity index (χ2n) is 7.17. The molecular weight excluding hydrogens is 320 g/mol. The second-order valence-corrected chi connectivity index (χ2v) is 7.17. The molecule has 0 unspecified atom stereocenters. The van der Waals surface area contributed by atoms with Gasteiger partial charge in [-0.25, -0.2) is 0 Å². The smallest absolute Gasteiger partial charge is 0.196 e. The molecule has 0 fully saturated rings. The number of hydrogen-bond donors (Lipinski definition) is 0. The Morgan fingerprint density at radius 1 is 1.04 bits per heavy atom. The molecule has 5 nitrogen and oxygen atoms in total. The van der Waals surface area contributed by atoms with Crippen LogP contribution in [0.1, 0.15) is 57.9 Å². The van der Waals surface area contributed by atoms with Gasteiger partial charge in [-0.3, -0.25) is 14.4 Å². The molecule has 0 atom stereocenters. The predicted molar refractivity (Wildman–Crippen MR) is 91.7 cm³/mol. The summed E-state index contributed by atoms with van der Waals surface area (Å²) < 4.78 is 11.4. The lowest BCUT2D eigenvalue weighted by molar-refractivity contribution is 0.0902. The Bertz CT molecular complexity index is 1020. The number of aryl methyl sites for hydroxylation is 2. The number of ketones is 2. The van der Waals surface area contributed by atoms with Crippen molar-refractivity contribution in [3.05, 3.63) is 50.4 Å². The van der Waals surface area contributed by atoms with Gasteiger partial charge in [0.05, 0.1) is 23.7 Å². The average Bonchev–Trinajstić information content (AvgIpc) is 2.92. The first-order valence-electron chi connectivity index (χ1n) is 8.24. The molecule has 0 saturated carbocycles. The summed E-state index contributed by atoms with van der Waals surface area (Å²) in [5.41, 5.74) is 1.49. The second kappa shape index (κ2) is 4.91. The van der Waals surface area contributed by atoms with Crippen molar-refractivity contribution in [2.45, 2.75) is 39.0 Å². The van der Waals surface area contributed by atoms with Crippen LogP contribution >= 0.6 is 0 Å². The highest BCUT2D eigenvalue weighted by Crippen LogP contribution is 2.50. The summed E-state index contributed by atoms with van der Waals surface area (Å²) in [6, 6.07) is 3.23. The fourth-order valence-electron chi connectivity index (χ4n) is 3.95. The molecule has 25 heavy (non-hydrogen) atoms. The van der Waals surface area contributed by atoms with Gasteiger partial charge in [0.15, 0.2) is 22.8 Å². The molecular formula is C20H18O5. The Hall–Kier alpha value is -2.69. The third-order valence-corrected chi connectivity index (χ3v) is 5.23. The number of fused-ring (bicyclic) bond motifs is 4. The number of benzene rings is 1. The first kappa shape index (κ1) is 15.8. The SMILES string of the molecule is COc1c2c(cc3c1-c1oc(C)cc(=O)c1C(=O)C3(C)C)CCC2=O. The van der Waals surface area contributed by atoms with Gasteiger partial charge in [0, 0.05) is 12.5 Å². The minimum atomic E-state index is -0.903. The van der Waals surface area contributed by atoms with E-state index < -0.39 is 5.41 Å². The van der Waals surface area contributed by atoms with Crippen LogP contribution in [0.3, 0.4) is 0 Å². The zero-order chi connectivity index (χ0) is 18.1. The van der Waals surface area contributed by atoms with Crippen LogP contribution in [0.15, 0.2) is 21.3 Å². The maximum absolute atomic E-state index is 13.0. The van der Waals surface area contributed by atoms with Crippen molar-refractivity contribution in [2.75, 3.05) is 7.11 Å². The zero-order valence-electron chi connectivity index (χ0n) is 14.6. The number of methoxy groups -OCH3 is 1. The normalized spacial score (nSPS) is 17.1. The van der Waals surface area contributed by atoms with Crippen LogP contribution in [0, 0.1) is 6.92 Å². The molecule has 0 amide bonds. The van der Waals surface area contributed by atoms with Gasteiger partial charge in [0.1, 0.15) is 17.1 Å². The third-order valence-electron chi connectivity index (χ3n) is 5.23. The van der Waals surface area contributed by atoms with E-state index in [0.717, 1.165) is 11.1 Å². The largest absolute Gasteiger partial charge is 0.495 e. The summed E-state index contributed by atoms with van der Waals surface area (Å²) in [5.74, 6) is 0.779. The highest BCUT2D eigenvalue weighted by molar-refractivity contribution is 6.14. The first-order valence-corrected chi connectivity index (χ1v) is 8.24. The summed E-state index contributed by atoms with van der Waals surface area (Å²) >= 11 is 0. The van der Waals surface area contributed by atoms with E-state index >= 15 is 0 Å². The van der Waals surface area contributed by atoms with E-state index in [1.807, 2.05) is 6.07 Å². The molecule has 0 bridgehead atoms. The Labute approximate surface area is 144 Å². The molecule has 0 N–H and O–H groups in total. The monoisotopic (exact) mass is 338 g/mol. The Morgan fingerprint density at radius 2 is 1.76 bits per heavy atom. The van der Waals surface area contributed by atoms with Crippen LogP contribution in [-0.2, 0) is 11.8 Å². The highest BCUT2D eigenvalue weighted by Gasteiger charge is 2.45. The fourth-order valence-corrected chi connectivity index (χ4v) is 3.95. The van der Waals surface area contributed by atoms with Crippen molar-refractivity contribution in [3.8, 4) is 17.1 Å². The Morgan fingerprint density at radius 3 is 2.44 bits per heavy atom. The minimum Gasteiger partial charge on any atom is -0.495 e. The molecule has 2 aromatic rings. The lowest BCUT2D eigenvalue weighted by Crippen LogP contribution is -2.37. The fraction of sp³-hybridized carbons (Fsp3) is 0.350. The lowest BCUT2D eigenvalue weighted by Gasteiger charge is -2.33. The maximum atomic E-state index is 13.0. The van der Waals surface area contributed by atoms with Crippen molar-refractivity contribution in [1.29, 1.82) is 0 Å². The Kier molecular flexibility index (Phi) is 3.11. The number of carbonyl (C=O) groups excluding carboxylic acids is 2. The van der Waals surface area contributed by atoms with E-state index in [1.54, 1.807) is 20.8 Å². The van der Waals surface area contributed by atoms with Gasteiger partial charge in [0.25, 0.3) is 0 Å². The summed E-state index contributed by atoms with van der Waals surface area (Å²) in [6.07, 6.45) is 1.06. The molecule has 0 spiro atoms. The van der Waals surface area contributed by atoms with E-state index in [4.69, 9.17) is 9.15 Å². The van der Waals surface area contributed by atoms with Crippen molar-refractivity contribution < 1.29 is 18.7 Å². The number of hydrogen-bond acceptors (Lipinski definition) is 5. The van der Waals surface area contributed by atoms with E-state index in [0.29, 0.717) is 35.5 Å². The van der Waals surface area contributed by atoms with Crippen LogP contribution < -0.4 is 10.2 Å². The van der Waals surface area contributed by atoms with Gasteiger partial charge in [0.2, 0.25) is 0 Å². The van der Waals surface area contributed by atoms with Crippen LogP contribution in [0.5, 0.6) is 5.75 Å². The standard InChI is InChI=1S/C20H18O5/c1-9-7-13(22)16-18(25-9)15-11(20(2,3)19(16)23)8-10-5-6-12(21)14(10)17(15)24-4/h7-8H,5-6H2,1-4H3. The van der Waals surface area contributed by atoms with Gasteiger partial charge in [-0.05, 0) is 38.3 Å². The molecule has 128 valence electrons. The molecule has 2 aliphatic rings. The van der Waals surface area contributed by atoms with Crippen LogP contribution in [0.4, 0.5) is 0 Å². The molecule has 0 saturated heterocycles. The maximum Gasteiger partial charge on any atom is 0.196 e. The van der Waals surface area contributed by atoms with Gasteiger partial charge >= 0.3 is 0 Å². The van der Waals surface area contributed by atoms with Crippen molar-refractivity contribution in [1.82, 2.24) is 0 Å². The summed E-state index contributed by atoms with van der Waals surface area (Å²) in [7, 11) is 1.50. The van der Waals surface area contributed by atoms with E-state index in [-0.39, 0.29) is 28.3 Å². The van der Waals surface area contributed by atoms with Gasteiger partial charge in [-0.2, -0.15) is 0 Å². The van der Waals surface area contributed by atoms with E-state index in [9.17, 15) is 14.4 Å². The van der Waals surface area contributed by atoms with Crippen LogP contribution in [0.2, 0.25) is 0 Å². The molecule has 1 heterocycles. The minimum absolute atomic E-state index is 0.0147. The zero-order valence-corrected chi connectivity index (χ0v) is 14.6. The first-order chi connectivity index (χ1) is 11.8. The predicted octanol–water partition coefficient (Wildman–Crippen LogP) is 3.23. The van der Waals surface area contributed by atoms with E-state index in [1.165, 1.54) is 13.2 Å². The summed E-state index contributed by atoms with van der Waals surface area (Å²) in [6.45, 7) is 5.24. The van der Waals surface area contributed by atoms with Crippen LogP contribution in [-0.4, -0.2) is 18.7 Å². The van der Waals surface area contributed by atoms with Crippen molar-refractivity contribution in [2.24, 2.45) is 0 Å². The van der Waals surface area contributed by atoms with Gasteiger partial charge < -0.3 is 9.15 Å². The number of carbonyl (C=O) groups is 2. The topological polar surface area (TPSA) is 73.6 Å². The number of Topliss-reactive ketones (excluding diaryl/α,β-unsaturated/α-hetero) is 2. The van der Waals surface area contributed by atoms with Crippen LogP contribution in [0.25, 0.3) is 11.3 Å². The van der Waals surface area contributed by atoms with Gasteiger partial charge in [-0.1, -0.05) is 6.07 Å². The average molecular weight is 338 g/mol.